The normalized spacial score (nSPS) is 28.7. The van der Waals surface area contributed by atoms with E-state index in [4.69, 9.17) is 4.74 Å². The summed E-state index contributed by atoms with van der Waals surface area (Å²) in [7, 11) is 0. The molecule has 0 aromatic carbocycles. The molecule has 3 heterocycles. The monoisotopic (exact) mass is 250 g/mol. The van der Waals surface area contributed by atoms with Crippen molar-refractivity contribution in [3.63, 3.8) is 0 Å². The second-order valence-electron chi connectivity index (χ2n) is 5.45. The topological polar surface area (TPSA) is 52.0 Å². The van der Waals surface area contributed by atoms with Gasteiger partial charge in [0.2, 0.25) is 0 Å². The Morgan fingerprint density at radius 2 is 2.39 bits per heavy atom. The van der Waals surface area contributed by atoms with E-state index in [9.17, 15) is 0 Å². The Labute approximate surface area is 108 Å². The van der Waals surface area contributed by atoms with Crippen molar-refractivity contribution in [1.29, 1.82) is 0 Å². The summed E-state index contributed by atoms with van der Waals surface area (Å²) in [5, 5.41) is 11.8. The second kappa shape index (κ2) is 5.80. The minimum absolute atomic E-state index is 0.365. The van der Waals surface area contributed by atoms with Crippen LogP contribution in [0.25, 0.3) is 0 Å². The van der Waals surface area contributed by atoms with Crippen molar-refractivity contribution in [2.45, 2.75) is 44.8 Å². The van der Waals surface area contributed by atoms with Gasteiger partial charge in [0.15, 0.2) is 0 Å². The van der Waals surface area contributed by atoms with E-state index in [0.717, 1.165) is 31.9 Å². The maximum Gasteiger partial charge on any atom is 0.133 e. The first kappa shape index (κ1) is 12.1. The molecule has 0 bridgehead atoms. The standard InChI is InChI=1S/C13H22N4O/c1-3-11(8-14-5-1)7-13-16-15-10-17(13)9-12-4-2-6-18-12/h10-12,14H,1-9H2. The third-order valence-electron chi connectivity index (χ3n) is 3.99. The fourth-order valence-electron chi connectivity index (χ4n) is 2.95. The highest BCUT2D eigenvalue weighted by Gasteiger charge is 2.20. The lowest BCUT2D eigenvalue weighted by molar-refractivity contribution is 0.0960. The molecule has 1 N–H and O–H groups in total. The molecule has 2 aliphatic rings. The van der Waals surface area contributed by atoms with Gasteiger partial charge in [-0.15, -0.1) is 10.2 Å². The van der Waals surface area contributed by atoms with Gasteiger partial charge in [-0.25, -0.2) is 0 Å². The van der Waals surface area contributed by atoms with E-state index in [1.807, 2.05) is 6.33 Å². The number of hydrogen-bond acceptors (Lipinski definition) is 4. The molecule has 2 aliphatic heterocycles. The maximum atomic E-state index is 5.68. The number of rotatable bonds is 4. The average molecular weight is 250 g/mol. The lowest BCUT2D eigenvalue weighted by Crippen LogP contribution is -2.31. The lowest BCUT2D eigenvalue weighted by Gasteiger charge is -2.22. The van der Waals surface area contributed by atoms with Crippen LogP contribution in [0.3, 0.4) is 0 Å². The Morgan fingerprint density at radius 1 is 1.39 bits per heavy atom. The van der Waals surface area contributed by atoms with Crippen molar-refractivity contribution in [3.8, 4) is 0 Å². The van der Waals surface area contributed by atoms with Gasteiger partial charge in [0.25, 0.3) is 0 Å². The molecule has 0 spiro atoms. The molecule has 2 saturated heterocycles. The Morgan fingerprint density at radius 3 is 3.17 bits per heavy atom. The molecule has 1 aromatic heterocycles. The minimum Gasteiger partial charge on any atom is -0.376 e. The summed E-state index contributed by atoms with van der Waals surface area (Å²) in [6.07, 6.45) is 8.21. The summed E-state index contributed by atoms with van der Waals surface area (Å²) < 4.78 is 7.87. The van der Waals surface area contributed by atoms with Crippen molar-refractivity contribution < 1.29 is 4.74 Å². The molecule has 3 rings (SSSR count). The van der Waals surface area contributed by atoms with E-state index in [1.54, 1.807) is 0 Å². The Hall–Kier alpha value is -0.940. The molecule has 5 heteroatoms. The van der Waals surface area contributed by atoms with Crippen LogP contribution in [0.1, 0.15) is 31.5 Å². The summed E-state index contributed by atoms with van der Waals surface area (Å²) in [6, 6.07) is 0. The number of piperidine rings is 1. The minimum atomic E-state index is 0.365. The highest BCUT2D eigenvalue weighted by atomic mass is 16.5. The number of ether oxygens (including phenoxy) is 1. The smallest absolute Gasteiger partial charge is 0.133 e. The molecular formula is C13H22N4O. The molecule has 0 saturated carbocycles. The first-order valence-corrected chi connectivity index (χ1v) is 7.11. The van der Waals surface area contributed by atoms with E-state index >= 15 is 0 Å². The fourth-order valence-corrected chi connectivity index (χ4v) is 2.95. The average Bonchev–Trinajstić information content (AvgIpc) is 3.04. The van der Waals surface area contributed by atoms with Gasteiger partial charge in [-0.2, -0.15) is 0 Å². The van der Waals surface area contributed by atoms with E-state index in [2.05, 4.69) is 20.1 Å². The van der Waals surface area contributed by atoms with Crippen molar-refractivity contribution in [2.75, 3.05) is 19.7 Å². The Kier molecular flexibility index (Phi) is 3.90. The first-order chi connectivity index (χ1) is 8.92. The first-order valence-electron chi connectivity index (χ1n) is 7.11. The van der Waals surface area contributed by atoms with Crippen LogP contribution in [0.15, 0.2) is 6.33 Å². The third-order valence-corrected chi connectivity index (χ3v) is 3.99. The van der Waals surface area contributed by atoms with Gasteiger partial charge in [-0.3, -0.25) is 0 Å². The van der Waals surface area contributed by atoms with Crippen LogP contribution in [0.4, 0.5) is 0 Å². The van der Waals surface area contributed by atoms with Crippen LogP contribution in [0.5, 0.6) is 0 Å². The van der Waals surface area contributed by atoms with Gasteiger partial charge in [-0.05, 0) is 44.7 Å². The van der Waals surface area contributed by atoms with Gasteiger partial charge < -0.3 is 14.6 Å². The quantitative estimate of drug-likeness (QED) is 0.866. The van der Waals surface area contributed by atoms with Gasteiger partial charge in [0, 0.05) is 13.0 Å². The second-order valence-corrected chi connectivity index (χ2v) is 5.45. The third kappa shape index (κ3) is 2.90. The Bertz CT molecular complexity index is 367. The largest absolute Gasteiger partial charge is 0.376 e. The van der Waals surface area contributed by atoms with Crippen LogP contribution in [-0.4, -0.2) is 40.6 Å². The fraction of sp³-hybridized carbons (Fsp3) is 0.846. The molecule has 2 unspecified atom stereocenters. The predicted molar refractivity (Wildman–Crippen MR) is 68.3 cm³/mol. The number of hydrogen-bond donors (Lipinski definition) is 1. The van der Waals surface area contributed by atoms with Gasteiger partial charge >= 0.3 is 0 Å². The lowest BCUT2D eigenvalue weighted by atomic mass is 9.96. The van der Waals surface area contributed by atoms with E-state index in [0.29, 0.717) is 12.0 Å². The molecule has 18 heavy (non-hydrogen) atoms. The SMILES string of the molecule is c1nnc(CC2CCCNC2)n1CC1CCCO1. The van der Waals surface area contributed by atoms with E-state index in [-0.39, 0.29) is 0 Å². The zero-order chi connectivity index (χ0) is 12.2. The summed E-state index contributed by atoms with van der Waals surface area (Å²) in [4.78, 5) is 0. The van der Waals surface area contributed by atoms with Crippen LogP contribution in [-0.2, 0) is 17.7 Å². The van der Waals surface area contributed by atoms with Crippen molar-refractivity contribution >= 4 is 0 Å². The Balaban J connectivity index is 1.59. The van der Waals surface area contributed by atoms with Crippen molar-refractivity contribution in [1.82, 2.24) is 20.1 Å². The predicted octanol–water partition coefficient (Wildman–Crippen LogP) is 0.999. The maximum absolute atomic E-state index is 5.68. The molecule has 5 nitrogen and oxygen atoms in total. The summed E-state index contributed by atoms with van der Waals surface area (Å²) in [5.74, 6) is 1.84. The van der Waals surface area contributed by atoms with Crippen molar-refractivity contribution in [3.05, 3.63) is 12.2 Å². The van der Waals surface area contributed by atoms with Gasteiger partial charge in [-0.1, -0.05) is 0 Å². The molecular weight excluding hydrogens is 228 g/mol. The van der Waals surface area contributed by atoms with Crippen molar-refractivity contribution in [2.24, 2.45) is 5.92 Å². The van der Waals surface area contributed by atoms with E-state index < -0.39 is 0 Å². The van der Waals surface area contributed by atoms with E-state index in [1.165, 1.54) is 32.2 Å². The van der Waals surface area contributed by atoms with Crippen LogP contribution >= 0.6 is 0 Å². The molecule has 1 aromatic rings. The van der Waals surface area contributed by atoms with Crippen LogP contribution in [0.2, 0.25) is 0 Å². The number of nitrogens with zero attached hydrogens (tertiary/aromatic N) is 3. The van der Waals surface area contributed by atoms with Crippen LogP contribution in [0, 0.1) is 5.92 Å². The van der Waals surface area contributed by atoms with Gasteiger partial charge in [0.1, 0.15) is 12.2 Å². The molecule has 0 amide bonds. The zero-order valence-electron chi connectivity index (χ0n) is 10.8. The summed E-state index contributed by atoms with van der Waals surface area (Å²) in [5.41, 5.74) is 0. The highest BCUT2D eigenvalue weighted by Crippen LogP contribution is 2.18. The summed E-state index contributed by atoms with van der Waals surface area (Å²) in [6.45, 7) is 4.11. The number of nitrogens with one attached hydrogen (secondary N) is 1. The zero-order valence-corrected chi connectivity index (χ0v) is 10.8. The summed E-state index contributed by atoms with van der Waals surface area (Å²) >= 11 is 0. The highest BCUT2D eigenvalue weighted by molar-refractivity contribution is 4.91. The molecule has 0 aliphatic carbocycles. The van der Waals surface area contributed by atoms with Gasteiger partial charge in [0.05, 0.1) is 12.6 Å². The molecule has 100 valence electrons. The number of aromatic nitrogens is 3. The molecule has 2 fully saturated rings. The van der Waals surface area contributed by atoms with Crippen LogP contribution < -0.4 is 5.32 Å². The molecule has 2 atom stereocenters. The molecule has 0 radical (unpaired) electrons.